The number of benzene rings is 2. The molecular weight excluding hydrogens is 784 g/mol. The van der Waals surface area contributed by atoms with E-state index in [0.29, 0.717) is 34.9 Å². The second-order valence-corrected chi connectivity index (χ2v) is 18.1. The van der Waals surface area contributed by atoms with Crippen LogP contribution in [0.25, 0.3) is 21.8 Å². The summed E-state index contributed by atoms with van der Waals surface area (Å²) in [5.74, 6) is 0. The third kappa shape index (κ3) is 12.6. The lowest BCUT2D eigenvalue weighted by atomic mass is 10.1. The van der Waals surface area contributed by atoms with Gasteiger partial charge in [0.25, 0.3) is 0 Å². The van der Waals surface area contributed by atoms with Crippen LogP contribution >= 0.6 is 15.9 Å². The predicted octanol–water partition coefficient (Wildman–Crippen LogP) is 8.49. The number of ether oxygens (including phenoxy) is 2. The fraction of sp³-hybridized carbons (Fsp3) is 0.545. The van der Waals surface area contributed by atoms with Crippen molar-refractivity contribution in [2.45, 2.75) is 127 Å². The molecule has 6 rings (SSSR count). The monoisotopic (exact) mass is 844 g/mol. The first-order valence-electron chi connectivity index (χ1n) is 19.7. The molecule has 2 aromatic carbocycles. The Hall–Kier alpha value is -4.24. The van der Waals surface area contributed by atoms with Crippen LogP contribution in [-0.2, 0) is 21.3 Å². The topological polar surface area (TPSA) is 155 Å². The fourth-order valence-corrected chi connectivity index (χ4v) is 7.58. The molecule has 0 spiro atoms. The minimum Gasteiger partial charge on any atom is -0.443 e. The molecule has 0 bridgehead atoms. The quantitative estimate of drug-likeness (QED) is 0.181. The second kappa shape index (κ2) is 19.5. The summed E-state index contributed by atoms with van der Waals surface area (Å²) in [6.45, 7) is 11.6. The zero-order chi connectivity index (χ0) is 42.2. The molecule has 0 amide bonds. The maximum atomic E-state index is 12.6. The van der Waals surface area contributed by atoms with Crippen LogP contribution in [0, 0.1) is 22.7 Å². The van der Waals surface area contributed by atoms with E-state index in [1.807, 2.05) is 63.2 Å². The first kappa shape index (κ1) is 45.5. The molecule has 0 unspecified atom stereocenters. The third-order valence-electron chi connectivity index (χ3n) is 10.2. The third-order valence-corrected chi connectivity index (χ3v) is 10.8. The molecule has 0 radical (unpaired) electrons. The summed E-state index contributed by atoms with van der Waals surface area (Å²) in [5, 5.41) is 24.8. The molecule has 2 fully saturated rings. The van der Waals surface area contributed by atoms with Crippen LogP contribution in [0.3, 0.4) is 0 Å². The van der Waals surface area contributed by atoms with E-state index in [-0.39, 0.29) is 5.69 Å². The lowest BCUT2D eigenvalue weighted by Gasteiger charge is -2.20. The summed E-state index contributed by atoms with van der Waals surface area (Å²) in [7, 11) is 8.54. The maximum Gasteiger partial charge on any atom is 0.420 e. The van der Waals surface area contributed by atoms with Gasteiger partial charge < -0.3 is 30.3 Å². The Kier molecular flexibility index (Phi) is 15.5. The van der Waals surface area contributed by atoms with Gasteiger partial charge in [0.2, 0.25) is 0 Å². The van der Waals surface area contributed by atoms with Crippen molar-refractivity contribution in [1.82, 2.24) is 24.3 Å². The standard InChI is InChI=1S/C22H30N4O2.C15H15BrN2O2.C7H16N2/c1-22(2,3)28-21(27)26-19(13-23)11-16-10-15(6-9-20(16)26)14-24-17-7-8-18(12-17)25(4)5;1-15(2,3)20-14(19)18-12(9-17)7-11-6-10(8-16)4-5-13(11)18;1-9(2)7-4-3-6(8)5-7/h6,9-11,17-18,24H,7-8,12,14H2,1-5H3;4-7H,8H2,1-3H3;6-7H,3-5,8H2,1-2H3/t17-,18+;;6-,7+/m0.0/s1. The summed E-state index contributed by atoms with van der Waals surface area (Å²) in [5.41, 5.74) is 8.70. The normalized spacial score (nSPS) is 19.4. The Morgan fingerprint density at radius 3 is 1.60 bits per heavy atom. The first-order chi connectivity index (χ1) is 26.7. The number of aromatic nitrogens is 2. The van der Waals surface area contributed by atoms with Gasteiger partial charge in [-0.25, -0.2) is 18.7 Å². The number of hydrogen-bond acceptors (Lipinski definition) is 10. The SMILES string of the molecule is CC(C)(C)OC(=O)n1c(C#N)cc2cc(CBr)ccc21.CN(C)[C@@H]1CC[C@H](N)C1.CN(C)[C@@H]1CC[C@H](NCc2ccc3c(c2)cc(C#N)n3C(=O)OC(C)(C)C)C1. The molecule has 57 heavy (non-hydrogen) atoms. The number of nitriles is 2. The average molecular weight is 846 g/mol. The number of carbonyl (C=O) groups is 2. The van der Waals surface area contributed by atoms with Gasteiger partial charge in [0.15, 0.2) is 0 Å². The number of carbonyl (C=O) groups excluding carboxylic acids is 2. The van der Waals surface area contributed by atoms with Gasteiger partial charge in [-0.05, 0) is 156 Å². The number of nitrogens with two attached hydrogens (primary N) is 1. The molecule has 4 aromatic rings. The molecule has 0 saturated heterocycles. The molecule has 2 saturated carbocycles. The molecule has 2 aliphatic carbocycles. The van der Waals surface area contributed by atoms with Gasteiger partial charge in [-0.15, -0.1) is 0 Å². The Balaban J connectivity index is 0.000000215. The second-order valence-electron chi connectivity index (χ2n) is 17.5. The Bertz CT molecular complexity index is 2090. The van der Waals surface area contributed by atoms with Crippen molar-refractivity contribution < 1.29 is 19.1 Å². The van der Waals surface area contributed by atoms with Crippen molar-refractivity contribution in [1.29, 1.82) is 10.5 Å². The van der Waals surface area contributed by atoms with E-state index in [0.717, 1.165) is 39.8 Å². The molecule has 308 valence electrons. The summed E-state index contributed by atoms with van der Waals surface area (Å²) in [4.78, 5) is 29.4. The van der Waals surface area contributed by atoms with E-state index in [4.69, 9.17) is 15.2 Å². The van der Waals surface area contributed by atoms with E-state index in [1.54, 1.807) is 32.9 Å². The van der Waals surface area contributed by atoms with Crippen LogP contribution in [0.2, 0.25) is 0 Å². The van der Waals surface area contributed by atoms with E-state index in [2.05, 4.69) is 65.3 Å². The van der Waals surface area contributed by atoms with Crippen molar-refractivity contribution >= 4 is 49.9 Å². The number of rotatable bonds is 6. The fourth-order valence-electron chi connectivity index (χ4n) is 7.23. The Labute approximate surface area is 347 Å². The van der Waals surface area contributed by atoms with Crippen molar-refractivity contribution in [3.8, 4) is 12.1 Å². The van der Waals surface area contributed by atoms with E-state index in [1.165, 1.54) is 47.7 Å². The van der Waals surface area contributed by atoms with Gasteiger partial charge in [0.05, 0.1) is 11.0 Å². The molecule has 2 aromatic heterocycles. The van der Waals surface area contributed by atoms with E-state index >= 15 is 0 Å². The van der Waals surface area contributed by atoms with Crippen LogP contribution in [0.1, 0.15) is 103 Å². The number of nitrogens with one attached hydrogen (secondary N) is 1. The molecule has 2 heterocycles. The Morgan fingerprint density at radius 1 is 0.754 bits per heavy atom. The average Bonchev–Trinajstić information content (AvgIpc) is 3.93. The number of nitrogens with zero attached hydrogens (tertiary/aromatic N) is 6. The molecule has 13 heteroatoms. The van der Waals surface area contributed by atoms with Crippen LogP contribution in [0.15, 0.2) is 48.5 Å². The number of halogens is 1. The highest BCUT2D eigenvalue weighted by molar-refractivity contribution is 9.08. The highest BCUT2D eigenvalue weighted by Crippen LogP contribution is 2.27. The smallest absolute Gasteiger partial charge is 0.420 e. The van der Waals surface area contributed by atoms with Crippen LogP contribution in [0.4, 0.5) is 9.59 Å². The van der Waals surface area contributed by atoms with Crippen molar-refractivity contribution in [2.75, 3.05) is 28.2 Å². The zero-order valence-electron chi connectivity index (χ0n) is 35.4. The number of hydrogen-bond donors (Lipinski definition) is 2. The molecule has 3 N–H and O–H groups in total. The molecule has 4 atom stereocenters. The zero-order valence-corrected chi connectivity index (χ0v) is 36.9. The van der Waals surface area contributed by atoms with Crippen LogP contribution < -0.4 is 11.1 Å². The van der Waals surface area contributed by atoms with Crippen molar-refractivity contribution in [3.05, 3.63) is 71.0 Å². The summed E-state index contributed by atoms with van der Waals surface area (Å²) < 4.78 is 13.5. The lowest BCUT2D eigenvalue weighted by molar-refractivity contribution is 0.0531. The number of fused-ring (bicyclic) bond motifs is 2. The minimum atomic E-state index is -0.615. The lowest BCUT2D eigenvalue weighted by Crippen LogP contribution is -2.30. The van der Waals surface area contributed by atoms with Crippen LogP contribution in [0.5, 0.6) is 0 Å². The highest BCUT2D eigenvalue weighted by atomic mass is 79.9. The summed E-state index contributed by atoms with van der Waals surface area (Å²) in [6.07, 6.45) is 6.22. The minimum absolute atomic E-state index is 0.279. The van der Waals surface area contributed by atoms with Gasteiger partial charge in [-0.3, -0.25) is 0 Å². The molecule has 0 aliphatic heterocycles. The molecular formula is C44H61BrN8O4. The number of alkyl halides is 1. The predicted molar refractivity (Wildman–Crippen MR) is 230 cm³/mol. The summed E-state index contributed by atoms with van der Waals surface area (Å²) in [6, 6.07) is 21.6. The van der Waals surface area contributed by atoms with Gasteiger partial charge in [0, 0.05) is 46.8 Å². The van der Waals surface area contributed by atoms with Gasteiger partial charge in [0.1, 0.15) is 34.7 Å². The van der Waals surface area contributed by atoms with Crippen molar-refractivity contribution in [2.24, 2.45) is 5.73 Å². The molecule has 2 aliphatic rings. The van der Waals surface area contributed by atoms with E-state index in [9.17, 15) is 20.1 Å². The Morgan fingerprint density at radius 2 is 1.21 bits per heavy atom. The molecule has 12 nitrogen and oxygen atoms in total. The van der Waals surface area contributed by atoms with Gasteiger partial charge in [-0.1, -0.05) is 28.1 Å². The van der Waals surface area contributed by atoms with Gasteiger partial charge in [-0.2, -0.15) is 10.5 Å². The van der Waals surface area contributed by atoms with E-state index < -0.39 is 23.4 Å². The summed E-state index contributed by atoms with van der Waals surface area (Å²) >= 11 is 3.39. The maximum absolute atomic E-state index is 12.6. The first-order valence-corrected chi connectivity index (χ1v) is 20.8. The van der Waals surface area contributed by atoms with Gasteiger partial charge >= 0.3 is 12.2 Å². The largest absolute Gasteiger partial charge is 0.443 e. The van der Waals surface area contributed by atoms with Crippen LogP contribution in [-0.4, -0.2) is 94.7 Å². The van der Waals surface area contributed by atoms with Crippen molar-refractivity contribution in [3.63, 3.8) is 0 Å². The highest BCUT2D eigenvalue weighted by Gasteiger charge is 2.27.